The standard InChI is InChI=1S/C9H17Cl2N/c1-7(5-10)6-12-9(3,4)8(2)11/h5,8,12H,6H2,1-4H3. The molecule has 0 saturated carbocycles. The Labute approximate surface area is 85.1 Å². The number of hydrogen-bond acceptors (Lipinski definition) is 1. The minimum atomic E-state index is -0.0529. The van der Waals surface area contributed by atoms with E-state index in [0.717, 1.165) is 12.1 Å². The molecule has 1 atom stereocenters. The number of alkyl halides is 1. The van der Waals surface area contributed by atoms with E-state index in [1.54, 1.807) is 5.54 Å². The molecule has 0 bridgehead atoms. The summed E-state index contributed by atoms with van der Waals surface area (Å²) in [7, 11) is 0. The molecule has 0 aliphatic heterocycles. The van der Waals surface area contributed by atoms with Crippen molar-refractivity contribution in [3.05, 3.63) is 11.1 Å². The fourth-order valence-electron chi connectivity index (χ4n) is 0.546. The number of rotatable bonds is 4. The average Bonchev–Trinajstić information content (AvgIpc) is 2.00. The molecule has 0 aromatic carbocycles. The first kappa shape index (κ1) is 12.3. The Morgan fingerprint density at radius 2 is 2.08 bits per heavy atom. The van der Waals surface area contributed by atoms with Gasteiger partial charge in [-0.2, -0.15) is 0 Å². The van der Waals surface area contributed by atoms with Gasteiger partial charge >= 0.3 is 0 Å². The molecule has 1 N–H and O–H groups in total. The van der Waals surface area contributed by atoms with E-state index in [1.165, 1.54) is 0 Å². The van der Waals surface area contributed by atoms with Gasteiger partial charge in [-0.15, -0.1) is 11.6 Å². The van der Waals surface area contributed by atoms with Crippen molar-refractivity contribution in [2.24, 2.45) is 0 Å². The van der Waals surface area contributed by atoms with Crippen LogP contribution in [-0.4, -0.2) is 17.5 Å². The summed E-state index contributed by atoms with van der Waals surface area (Å²) in [6.45, 7) is 8.90. The number of hydrogen-bond donors (Lipinski definition) is 1. The zero-order chi connectivity index (χ0) is 9.78. The molecule has 12 heavy (non-hydrogen) atoms. The van der Waals surface area contributed by atoms with Crippen LogP contribution in [0.1, 0.15) is 27.7 Å². The summed E-state index contributed by atoms with van der Waals surface area (Å²) in [4.78, 5) is 0. The van der Waals surface area contributed by atoms with Crippen molar-refractivity contribution in [2.75, 3.05) is 6.54 Å². The molecule has 3 heteroatoms. The van der Waals surface area contributed by atoms with Crippen LogP contribution in [0.4, 0.5) is 0 Å². The van der Waals surface area contributed by atoms with Crippen LogP contribution in [0.2, 0.25) is 0 Å². The minimum Gasteiger partial charge on any atom is -0.307 e. The molecule has 0 spiro atoms. The van der Waals surface area contributed by atoms with Gasteiger partial charge in [-0.3, -0.25) is 0 Å². The van der Waals surface area contributed by atoms with Crippen molar-refractivity contribution in [2.45, 2.75) is 38.6 Å². The molecule has 0 aliphatic carbocycles. The summed E-state index contributed by atoms with van der Waals surface area (Å²) in [5.41, 5.74) is 2.65. The van der Waals surface area contributed by atoms with E-state index in [-0.39, 0.29) is 10.9 Å². The fraction of sp³-hybridized carbons (Fsp3) is 0.778. The first-order valence-corrected chi connectivity index (χ1v) is 4.92. The van der Waals surface area contributed by atoms with Crippen LogP contribution in [0, 0.1) is 0 Å². The van der Waals surface area contributed by atoms with Gasteiger partial charge in [0.2, 0.25) is 0 Å². The van der Waals surface area contributed by atoms with Crippen LogP contribution < -0.4 is 5.32 Å². The molecule has 0 aliphatic rings. The second-order valence-corrected chi connectivity index (χ2v) is 4.52. The van der Waals surface area contributed by atoms with Gasteiger partial charge in [-0.05, 0) is 33.3 Å². The Hall–Kier alpha value is 0.280. The largest absolute Gasteiger partial charge is 0.307 e. The van der Waals surface area contributed by atoms with E-state index in [1.807, 2.05) is 13.8 Å². The van der Waals surface area contributed by atoms with Gasteiger partial charge in [0.15, 0.2) is 0 Å². The molecular formula is C9H17Cl2N. The third-order valence-electron chi connectivity index (χ3n) is 2.00. The predicted molar refractivity (Wildman–Crippen MR) is 57.0 cm³/mol. The molecule has 0 radical (unpaired) electrons. The van der Waals surface area contributed by atoms with Crippen molar-refractivity contribution < 1.29 is 0 Å². The summed E-state index contributed by atoms with van der Waals surface area (Å²) in [6, 6.07) is 0. The summed E-state index contributed by atoms with van der Waals surface area (Å²) in [5.74, 6) is 0. The smallest absolute Gasteiger partial charge is 0.0484 e. The highest BCUT2D eigenvalue weighted by atomic mass is 35.5. The molecule has 0 amide bonds. The van der Waals surface area contributed by atoms with E-state index in [0.29, 0.717) is 0 Å². The lowest BCUT2D eigenvalue weighted by molar-refractivity contribution is 0.397. The van der Waals surface area contributed by atoms with Gasteiger partial charge in [-0.25, -0.2) is 0 Å². The molecule has 0 aromatic rings. The highest BCUT2D eigenvalue weighted by Crippen LogP contribution is 2.14. The Bertz CT molecular complexity index is 162. The third kappa shape index (κ3) is 4.34. The SMILES string of the molecule is CC(=CCl)CNC(C)(C)C(C)Cl. The summed E-state index contributed by atoms with van der Waals surface area (Å²) >= 11 is 11.5. The topological polar surface area (TPSA) is 12.0 Å². The van der Waals surface area contributed by atoms with Crippen molar-refractivity contribution in [1.29, 1.82) is 0 Å². The molecular weight excluding hydrogens is 193 g/mol. The van der Waals surface area contributed by atoms with Gasteiger partial charge in [0.25, 0.3) is 0 Å². The Balaban J connectivity index is 3.92. The van der Waals surface area contributed by atoms with Crippen molar-refractivity contribution >= 4 is 23.2 Å². The lowest BCUT2D eigenvalue weighted by Crippen LogP contribution is -2.46. The van der Waals surface area contributed by atoms with Crippen LogP contribution in [0.25, 0.3) is 0 Å². The van der Waals surface area contributed by atoms with Gasteiger partial charge < -0.3 is 5.32 Å². The lowest BCUT2D eigenvalue weighted by atomic mass is 10.0. The van der Waals surface area contributed by atoms with Crippen LogP contribution in [0.15, 0.2) is 11.1 Å². The van der Waals surface area contributed by atoms with Gasteiger partial charge in [0.05, 0.1) is 0 Å². The number of nitrogens with one attached hydrogen (secondary N) is 1. The molecule has 0 rings (SSSR count). The van der Waals surface area contributed by atoms with Crippen LogP contribution in [0.3, 0.4) is 0 Å². The summed E-state index contributed by atoms with van der Waals surface area (Å²) < 4.78 is 0. The Kier molecular flexibility index (Phi) is 5.22. The molecule has 0 aromatic heterocycles. The maximum Gasteiger partial charge on any atom is 0.0484 e. The minimum absolute atomic E-state index is 0.0529. The second-order valence-electron chi connectivity index (χ2n) is 3.65. The molecule has 72 valence electrons. The first-order valence-electron chi connectivity index (χ1n) is 4.05. The van der Waals surface area contributed by atoms with Crippen molar-refractivity contribution in [1.82, 2.24) is 5.32 Å². The molecule has 1 unspecified atom stereocenters. The van der Waals surface area contributed by atoms with Crippen LogP contribution in [-0.2, 0) is 0 Å². The quantitative estimate of drug-likeness (QED) is 0.703. The zero-order valence-electron chi connectivity index (χ0n) is 8.12. The highest BCUT2D eigenvalue weighted by Gasteiger charge is 2.22. The lowest BCUT2D eigenvalue weighted by Gasteiger charge is -2.29. The Morgan fingerprint density at radius 1 is 1.58 bits per heavy atom. The third-order valence-corrected chi connectivity index (χ3v) is 2.92. The van der Waals surface area contributed by atoms with E-state index in [4.69, 9.17) is 23.2 Å². The van der Waals surface area contributed by atoms with E-state index in [2.05, 4.69) is 19.2 Å². The molecule has 1 nitrogen and oxygen atoms in total. The zero-order valence-corrected chi connectivity index (χ0v) is 9.63. The normalized spacial score (nSPS) is 16.3. The molecule has 0 heterocycles. The highest BCUT2D eigenvalue weighted by molar-refractivity contribution is 6.25. The second kappa shape index (κ2) is 5.11. The van der Waals surface area contributed by atoms with Crippen molar-refractivity contribution in [3.8, 4) is 0 Å². The number of halogens is 2. The summed E-state index contributed by atoms with van der Waals surface area (Å²) in [5, 5.41) is 3.42. The maximum atomic E-state index is 5.98. The summed E-state index contributed by atoms with van der Waals surface area (Å²) in [6.07, 6.45) is 0. The van der Waals surface area contributed by atoms with Crippen LogP contribution >= 0.6 is 23.2 Å². The monoisotopic (exact) mass is 209 g/mol. The first-order chi connectivity index (χ1) is 5.40. The van der Waals surface area contributed by atoms with E-state index >= 15 is 0 Å². The van der Waals surface area contributed by atoms with Crippen LogP contribution in [0.5, 0.6) is 0 Å². The van der Waals surface area contributed by atoms with Crippen molar-refractivity contribution in [3.63, 3.8) is 0 Å². The Morgan fingerprint density at radius 3 is 2.42 bits per heavy atom. The fourth-order valence-corrected chi connectivity index (χ4v) is 0.701. The molecule has 0 saturated heterocycles. The molecule has 0 fully saturated rings. The van der Waals surface area contributed by atoms with Gasteiger partial charge in [0.1, 0.15) is 0 Å². The van der Waals surface area contributed by atoms with Gasteiger partial charge in [0, 0.05) is 23.0 Å². The van der Waals surface area contributed by atoms with Gasteiger partial charge in [-0.1, -0.05) is 11.6 Å². The van der Waals surface area contributed by atoms with E-state index < -0.39 is 0 Å². The predicted octanol–water partition coefficient (Wildman–Crippen LogP) is 3.12. The van der Waals surface area contributed by atoms with E-state index in [9.17, 15) is 0 Å². The maximum absolute atomic E-state index is 5.98. The average molecular weight is 210 g/mol.